The van der Waals surface area contributed by atoms with E-state index in [-0.39, 0.29) is 34.6 Å². The summed E-state index contributed by atoms with van der Waals surface area (Å²) >= 11 is 2.41. The van der Waals surface area contributed by atoms with Crippen LogP contribution in [0.25, 0.3) is 0 Å². The van der Waals surface area contributed by atoms with Crippen molar-refractivity contribution in [2.45, 2.75) is 23.6 Å². The molecule has 0 saturated carbocycles. The van der Waals surface area contributed by atoms with E-state index >= 15 is 0 Å². The van der Waals surface area contributed by atoms with Gasteiger partial charge in [-0.05, 0) is 42.4 Å². The Hall–Kier alpha value is -1.95. The smallest absolute Gasteiger partial charge is 0.340 e. The average Bonchev–Trinajstić information content (AvgIpc) is 3.13. The Morgan fingerprint density at radius 2 is 2.13 bits per heavy atom. The number of fused-ring (bicyclic) bond motifs is 1. The van der Waals surface area contributed by atoms with Gasteiger partial charge in [-0.3, -0.25) is 4.79 Å². The lowest BCUT2D eigenvalue weighted by molar-refractivity contribution is -0.129. The van der Waals surface area contributed by atoms with E-state index in [1.165, 1.54) is 31.0 Å². The molecule has 1 aromatic carbocycles. The fourth-order valence-corrected chi connectivity index (χ4v) is 6.80. The minimum atomic E-state index is -4.00. The van der Waals surface area contributed by atoms with Gasteiger partial charge in [0.25, 0.3) is 10.0 Å². The first-order chi connectivity index (χ1) is 14.8. The zero-order valence-corrected chi connectivity index (χ0v) is 19.6. The van der Waals surface area contributed by atoms with E-state index in [0.29, 0.717) is 41.1 Å². The van der Waals surface area contributed by atoms with Gasteiger partial charge in [-0.15, -0.1) is 11.3 Å². The molecular weight excluding hydrogens is 463 g/mol. The summed E-state index contributed by atoms with van der Waals surface area (Å²) in [4.78, 5) is 27.0. The summed E-state index contributed by atoms with van der Waals surface area (Å²) in [6.07, 6.45) is 2.52. The maximum atomic E-state index is 13.3. The molecule has 2 aromatic rings. The molecule has 0 unspecified atom stereocenters. The summed E-state index contributed by atoms with van der Waals surface area (Å²) in [5, 5.41) is 0. The Balaban J connectivity index is 1.84. The lowest BCUT2D eigenvalue weighted by Crippen LogP contribution is -2.36. The largest absolute Gasteiger partial charge is 0.465 e. The Labute approximate surface area is 189 Å². The van der Waals surface area contributed by atoms with Crippen molar-refractivity contribution in [3.8, 4) is 0 Å². The number of carbonyl (C=O) groups is 2. The number of esters is 1. The van der Waals surface area contributed by atoms with E-state index in [1.54, 1.807) is 17.0 Å². The van der Waals surface area contributed by atoms with Crippen molar-refractivity contribution in [2.24, 2.45) is 0 Å². The minimum Gasteiger partial charge on any atom is -0.465 e. The van der Waals surface area contributed by atoms with Crippen LogP contribution in [0.4, 0.5) is 4.39 Å². The van der Waals surface area contributed by atoms with Crippen molar-refractivity contribution in [2.75, 3.05) is 32.2 Å². The molecule has 2 heterocycles. The van der Waals surface area contributed by atoms with Crippen LogP contribution in [-0.2, 0) is 38.9 Å². The van der Waals surface area contributed by atoms with Crippen molar-refractivity contribution in [3.63, 3.8) is 0 Å². The lowest BCUT2D eigenvalue weighted by atomic mass is 10.0. The second-order valence-corrected chi connectivity index (χ2v) is 10.9. The molecule has 168 valence electrons. The van der Waals surface area contributed by atoms with Crippen LogP contribution in [0.15, 0.2) is 28.5 Å². The SMILES string of the molecule is COC(=O)c1c(S(=O)(=O)NCCc2cccc(F)c2)sc2c1CCN(C(=O)CSC)C2. The fourth-order valence-electron chi connectivity index (χ4n) is 3.39. The number of thioether (sulfide) groups is 1. The number of thiophene rings is 1. The van der Waals surface area contributed by atoms with E-state index in [0.717, 1.165) is 11.3 Å². The number of methoxy groups -OCH3 is 1. The Kier molecular flexibility index (Phi) is 7.73. The predicted octanol–water partition coefficient (Wildman–Crippen LogP) is 2.44. The molecule has 0 saturated heterocycles. The van der Waals surface area contributed by atoms with Crippen LogP contribution in [0, 0.1) is 5.82 Å². The third-order valence-corrected chi connectivity index (χ3v) is 8.61. The summed E-state index contributed by atoms with van der Waals surface area (Å²) in [7, 11) is -2.80. The maximum Gasteiger partial charge on any atom is 0.340 e. The number of ether oxygens (including phenoxy) is 1. The number of sulfonamides is 1. The van der Waals surface area contributed by atoms with Crippen LogP contribution in [0.3, 0.4) is 0 Å². The summed E-state index contributed by atoms with van der Waals surface area (Å²) in [5.74, 6) is -0.785. The second kappa shape index (κ2) is 10.1. The zero-order chi connectivity index (χ0) is 22.6. The van der Waals surface area contributed by atoms with E-state index in [9.17, 15) is 22.4 Å². The molecule has 0 radical (unpaired) electrons. The molecule has 1 aromatic heterocycles. The van der Waals surface area contributed by atoms with E-state index in [2.05, 4.69) is 4.72 Å². The summed E-state index contributed by atoms with van der Waals surface area (Å²) in [6, 6.07) is 5.94. The lowest BCUT2D eigenvalue weighted by Gasteiger charge is -2.27. The van der Waals surface area contributed by atoms with Crippen molar-refractivity contribution in [3.05, 3.63) is 51.7 Å². The quantitative estimate of drug-likeness (QED) is 0.576. The van der Waals surface area contributed by atoms with E-state index < -0.39 is 16.0 Å². The molecule has 0 bridgehead atoms. The molecule has 0 spiro atoms. The monoisotopic (exact) mass is 486 g/mol. The number of rotatable bonds is 8. The van der Waals surface area contributed by atoms with E-state index in [1.807, 2.05) is 6.26 Å². The number of benzene rings is 1. The second-order valence-electron chi connectivity index (χ2n) is 6.93. The Morgan fingerprint density at radius 1 is 1.35 bits per heavy atom. The van der Waals surface area contributed by atoms with Crippen molar-refractivity contribution in [1.29, 1.82) is 0 Å². The molecule has 31 heavy (non-hydrogen) atoms. The van der Waals surface area contributed by atoms with Crippen LogP contribution in [-0.4, -0.2) is 57.4 Å². The van der Waals surface area contributed by atoms with Gasteiger partial charge in [-0.1, -0.05) is 12.1 Å². The minimum absolute atomic E-state index is 0.0243. The van der Waals surface area contributed by atoms with Crippen molar-refractivity contribution >= 4 is 45.0 Å². The fraction of sp³-hybridized carbons (Fsp3) is 0.400. The molecule has 1 aliphatic heterocycles. The summed E-state index contributed by atoms with van der Waals surface area (Å²) < 4.78 is 46.6. The third-order valence-electron chi connectivity index (χ3n) is 4.87. The van der Waals surface area contributed by atoms with Gasteiger partial charge in [0, 0.05) is 18.0 Å². The number of halogens is 1. The zero-order valence-electron chi connectivity index (χ0n) is 17.1. The molecule has 0 fully saturated rings. The van der Waals surface area contributed by atoms with Crippen molar-refractivity contribution < 1.29 is 27.1 Å². The highest BCUT2D eigenvalue weighted by Crippen LogP contribution is 2.36. The molecule has 0 atom stereocenters. The summed E-state index contributed by atoms with van der Waals surface area (Å²) in [6.45, 7) is 0.731. The van der Waals surface area contributed by atoms with Gasteiger partial charge in [0.15, 0.2) is 0 Å². The topological polar surface area (TPSA) is 92.8 Å². The molecule has 1 N–H and O–H groups in total. The van der Waals surface area contributed by atoms with Gasteiger partial charge in [0.05, 0.1) is 25.0 Å². The highest BCUT2D eigenvalue weighted by molar-refractivity contribution is 7.99. The number of hydrogen-bond acceptors (Lipinski definition) is 7. The Bertz CT molecular complexity index is 1080. The molecular formula is C20H23FN2O5S3. The number of nitrogens with zero attached hydrogens (tertiary/aromatic N) is 1. The standard InChI is InChI=1S/C20H23FN2O5S3/c1-28-19(25)18-15-7-9-23(17(24)12-29-2)11-16(15)30-20(18)31(26,27)22-8-6-13-4-3-5-14(21)10-13/h3-5,10,22H,6-9,11-12H2,1-2H3. The van der Waals surface area contributed by atoms with Crippen LogP contribution >= 0.6 is 23.1 Å². The van der Waals surface area contributed by atoms with Gasteiger partial charge in [0.1, 0.15) is 10.0 Å². The van der Waals surface area contributed by atoms with Gasteiger partial charge < -0.3 is 9.64 Å². The van der Waals surface area contributed by atoms with Gasteiger partial charge in [0.2, 0.25) is 5.91 Å². The highest BCUT2D eigenvalue weighted by atomic mass is 32.2. The molecule has 1 aliphatic rings. The highest BCUT2D eigenvalue weighted by Gasteiger charge is 2.34. The number of nitrogens with one attached hydrogen (secondary N) is 1. The summed E-state index contributed by atoms with van der Waals surface area (Å²) in [5.41, 5.74) is 1.32. The molecule has 11 heteroatoms. The molecule has 3 rings (SSSR count). The van der Waals surface area contributed by atoms with Crippen LogP contribution in [0.5, 0.6) is 0 Å². The van der Waals surface area contributed by atoms with Gasteiger partial charge in [-0.25, -0.2) is 22.3 Å². The predicted molar refractivity (Wildman–Crippen MR) is 118 cm³/mol. The molecule has 1 amide bonds. The van der Waals surface area contributed by atoms with Gasteiger partial charge >= 0.3 is 5.97 Å². The first kappa shape index (κ1) is 23.7. The first-order valence-corrected chi connectivity index (χ1v) is 13.2. The van der Waals surface area contributed by atoms with Crippen LogP contribution < -0.4 is 4.72 Å². The van der Waals surface area contributed by atoms with Crippen LogP contribution in [0.1, 0.15) is 26.4 Å². The number of carbonyl (C=O) groups excluding carboxylic acids is 2. The van der Waals surface area contributed by atoms with E-state index in [4.69, 9.17) is 4.74 Å². The van der Waals surface area contributed by atoms with Crippen LogP contribution in [0.2, 0.25) is 0 Å². The van der Waals surface area contributed by atoms with Crippen molar-refractivity contribution in [1.82, 2.24) is 9.62 Å². The average molecular weight is 487 g/mol. The first-order valence-electron chi connectivity index (χ1n) is 9.50. The molecule has 7 nitrogen and oxygen atoms in total. The number of amides is 1. The third kappa shape index (κ3) is 5.46. The normalized spacial score (nSPS) is 13.7. The number of hydrogen-bond donors (Lipinski definition) is 1. The molecule has 0 aliphatic carbocycles. The van der Waals surface area contributed by atoms with Gasteiger partial charge in [-0.2, -0.15) is 11.8 Å². The maximum absolute atomic E-state index is 13.3. The Morgan fingerprint density at radius 3 is 2.81 bits per heavy atom.